The number of furan rings is 1. The number of methoxy groups -OCH3 is 1. The van der Waals surface area contributed by atoms with Crippen molar-refractivity contribution in [3.8, 4) is 0 Å². The Balaban J connectivity index is 2.29. The Morgan fingerprint density at radius 1 is 1.17 bits per heavy atom. The zero-order valence-corrected chi connectivity index (χ0v) is 11.6. The highest BCUT2D eigenvalue weighted by Gasteiger charge is 2.17. The van der Waals surface area contributed by atoms with E-state index < -0.39 is 5.97 Å². The third-order valence-corrected chi connectivity index (χ3v) is 2.97. The fraction of sp³-hybridized carbons (Fsp3) is 0.0769. The van der Waals surface area contributed by atoms with Crippen molar-refractivity contribution in [1.82, 2.24) is 0 Å². The van der Waals surface area contributed by atoms with E-state index in [0.29, 0.717) is 5.56 Å². The minimum atomic E-state index is -0.600. The van der Waals surface area contributed by atoms with E-state index in [1.165, 1.54) is 19.2 Å². The Bertz CT molecular complexity index is 601. The highest BCUT2D eigenvalue weighted by Crippen LogP contribution is 2.16. The number of ketones is 1. The first-order chi connectivity index (χ1) is 8.61. The predicted molar refractivity (Wildman–Crippen MR) is 72.6 cm³/mol. The lowest BCUT2D eigenvalue weighted by atomic mass is 10.1. The van der Waals surface area contributed by atoms with Crippen LogP contribution in [0.4, 0.5) is 0 Å². The molecular formula is C13H9IO4. The highest BCUT2D eigenvalue weighted by atomic mass is 127. The fourth-order valence-electron chi connectivity index (χ4n) is 1.44. The summed E-state index contributed by atoms with van der Waals surface area (Å²) in [6, 6.07) is 10.0. The average Bonchev–Trinajstić information content (AvgIpc) is 2.86. The van der Waals surface area contributed by atoms with Crippen molar-refractivity contribution >= 4 is 34.3 Å². The summed E-state index contributed by atoms with van der Waals surface area (Å²) in [5.41, 5.74) is 0.521. The monoisotopic (exact) mass is 356 g/mol. The van der Waals surface area contributed by atoms with Crippen molar-refractivity contribution in [1.29, 1.82) is 0 Å². The minimum absolute atomic E-state index is 0.0199. The van der Waals surface area contributed by atoms with Gasteiger partial charge in [-0.05, 0) is 46.9 Å². The lowest BCUT2D eigenvalue weighted by molar-refractivity contribution is 0.0563. The molecular weight excluding hydrogens is 347 g/mol. The maximum atomic E-state index is 12.1. The fourth-order valence-corrected chi connectivity index (χ4v) is 1.99. The molecule has 1 aromatic carbocycles. The van der Waals surface area contributed by atoms with Crippen molar-refractivity contribution < 1.29 is 18.7 Å². The van der Waals surface area contributed by atoms with Crippen molar-refractivity contribution in [2.75, 3.05) is 7.11 Å². The van der Waals surface area contributed by atoms with Crippen LogP contribution in [0.1, 0.15) is 26.7 Å². The smallest absolute Gasteiger partial charge is 0.373 e. The van der Waals surface area contributed by atoms with Crippen LogP contribution in [0, 0.1) is 3.57 Å². The summed E-state index contributed by atoms with van der Waals surface area (Å²) in [5.74, 6) is -0.718. The summed E-state index contributed by atoms with van der Waals surface area (Å²) >= 11 is 2.12. The van der Waals surface area contributed by atoms with E-state index in [0.717, 1.165) is 3.57 Å². The number of esters is 1. The standard InChI is InChI=1S/C13H9IO4/c1-17-13(16)11-6-5-10(18-11)12(15)8-3-2-4-9(14)7-8/h2-7H,1H3. The number of ether oxygens (including phenoxy) is 1. The molecule has 0 N–H and O–H groups in total. The first kappa shape index (κ1) is 12.8. The van der Waals surface area contributed by atoms with Gasteiger partial charge in [0.25, 0.3) is 0 Å². The molecule has 0 radical (unpaired) electrons. The number of carbonyl (C=O) groups excluding carboxylic acids is 2. The molecule has 0 aliphatic carbocycles. The normalized spacial score (nSPS) is 10.1. The molecule has 0 unspecified atom stereocenters. The Morgan fingerprint density at radius 2 is 1.89 bits per heavy atom. The van der Waals surface area contributed by atoms with E-state index >= 15 is 0 Å². The molecule has 0 atom stereocenters. The van der Waals surface area contributed by atoms with Gasteiger partial charge in [-0.15, -0.1) is 0 Å². The lowest BCUT2D eigenvalue weighted by Crippen LogP contribution is -2.01. The van der Waals surface area contributed by atoms with Gasteiger partial charge >= 0.3 is 5.97 Å². The van der Waals surface area contributed by atoms with E-state index in [4.69, 9.17) is 4.42 Å². The Hall–Kier alpha value is -1.63. The number of carbonyl (C=O) groups is 2. The molecule has 0 spiro atoms. The Morgan fingerprint density at radius 3 is 2.56 bits per heavy atom. The molecule has 0 saturated carbocycles. The maximum Gasteiger partial charge on any atom is 0.373 e. The second kappa shape index (κ2) is 5.34. The van der Waals surface area contributed by atoms with Gasteiger partial charge < -0.3 is 9.15 Å². The summed E-state index contributed by atoms with van der Waals surface area (Å²) in [5, 5.41) is 0. The second-order valence-corrected chi connectivity index (χ2v) is 4.74. The zero-order chi connectivity index (χ0) is 13.1. The van der Waals surface area contributed by atoms with Gasteiger partial charge in [-0.1, -0.05) is 12.1 Å². The van der Waals surface area contributed by atoms with Crippen molar-refractivity contribution in [2.45, 2.75) is 0 Å². The van der Waals surface area contributed by atoms with E-state index in [1.807, 2.05) is 6.07 Å². The van der Waals surface area contributed by atoms with Crippen LogP contribution in [0.2, 0.25) is 0 Å². The van der Waals surface area contributed by atoms with Gasteiger partial charge in [-0.25, -0.2) is 4.79 Å². The second-order valence-electron chi connectivity index (χ2n) is 3.49. The van der Waals surface area contributed by atoms with Gasteiger partial charge in [0.15, 0.2) is 5.76 Å². The van der Waals surface area contributed by atoms with E-state index in [2.05, 4.69) is 27.3 Å². The molecule has 1 heterocycles. The summed E-state index contributed by atoms with van der Waals surface area (Å²) < 4.78 is 10.6. The van der Waals surface area contributed by atoms with Gasteiger partial charge in [-0.2, -0.15) is 0 Å². The molecule has 2 rings (SSSR count). The molecule has 2 aromatic rings. The lowest BCUT2D eigenvalue weighted by Gasteiger charge is -1.98. The number of hydrogen-bond acceptors (Lipinski definition) is 4. The van der Waals surface area contributed by atoms with Crippen LogP contribution in [0.25, 0.3) is 0 Å². The third-order valence-electron chi connectivity index (χ3n) is 2.30. The quantitative estimate of drug-likeness (QED) is 0.482. The van der Waals surface area contributed by atoms with Crippen LogP contribution < -0.4 is 0 Å². The van der Waals surface area contributed by atoms with Crippen LogP contribution in [-0.2, 0) is 4.74 Å². The average molecular weight is 356 g/mol. The summed E-state index contributed by atoms with van der Waals surface area (Å²) in [6.45, 7) is 0. The summed E-state index contributed by atoms with van der Waals surface area (Å²) in [4.78, 5) is 23.3. The van der Waals surface area contributed by atoms with E-state index in [1.54, 1.807) is 18.2 Å². The first-order valence-electron chi connectivity index (χ1n) is 5.10. The van der Waals surface area contributed by atoms with Crippen LogP contribution in [0.3, 0.4) is 0 Å². The molecule has 0 saturated heterocycles. The summed E-state index contributed by atoms with van der Waals surface area (Å²) in [7, 11) is 1.26. The molecule has 0 bridgehead atoms. The Labute approximate surface area is 117 Å². The summed E-state index contributed by atoms with van der Waals surface area (Å²) in [6.07, 6.45) is 0. The molecule has 0 amide bonds. The van der Waals surface area contributed by atoms with Crippen molar-refractivity contribution in [2.24, 2.45) is 0 Å². The van der Waals surface area contributed by atoms with Gasteiger partial charge in [-0.3, -0.25) is 4.79 Å². The largest absolute Gasteiger partial charge is 0.463 e. The van der Waals surface area contributed by atoms with Gasteiger partial charge in [0, 0.05) is 9.13 Å². The molecule has 5 heteroatoms. The minimum Gasteiger partial charge on any atom is -0.463 e. The highest BCUT2D eigenvalue weighted by molar-refractivity contribution is 14.1. The van der Waals surface area contributed by atoms with Crippen LogP contribution in [0.15, 0.2) is 40.8 Å². The molecule has 0 aliphatic heterocycles. The number of halogens is 1. The van der Waals surface area contributed by atoms with Gasteiger partial charge in [0.1, 0.15) is 0 Å². The zero-order valence-electron chi connectivity index (χ0n) is 9.48. The number of benzene rings is 1. The van der Waals surface area contributed by atoms with Crippen LogP contribution in [0.5, 0.6) is 0 Å². The topological polar surface area (TPSA) is 56.5 Å². The predicted octanol–water partition coefficient (Wildman–Crippen LogP) is 2.90. The molecule has 18 heavy (non-hydrogen) atoms. The van der Waals surface area contributed by atoms with Crippen molar-refractivity contribution in [3.63, 3.8) is 0 Å². The molecule has 92 valence electrons. The number of hydrogen-bond donors (Lipinski definition) is 0. The maximum absolute atomic E-state index is 12.1. The third kappa shape index (κ3) is 2.61. The van der Waals surface area contributed by atoms with Crippen LogP contribution in [-0.4, -0.2) is 18.9 Å². The van der Waals surface area contributed by atoms with E-state index in [-0.39, 0.29) is 17.3 Å². The SMILES string of the molecule is COC(=O)c1ccc(C(=O)c2cccc(I)c2)o1. The molecule has 1 aromatic heterocycles. The van der Waals surface area contributed by atoms with Crippen LogP contribution >= 0.6 is 22.6 Å². The van der Waals surface area contributed by atoms with Gasteiger partial charge in [0.2, 0.25) is 11.5 Å². The van der Waals surface area contributed by atoms with Gasteiger partial charge in [0.05, 0.1) is 7.11 Å². The molecule has 0 fully saturated rings. The Kier molecular flexibility index (Phi) is 3.81. The first-order valence-corrected chi connectivity index (χ1v) is 6.18. The van der Waals surface area contributed by atoms with Crippen molar-refractivity contribution in [3.05, 3.63) is 57.1 Å². The van der Waals surface area contributed by atoms with E-state index in [9.17, 15) is 9.59 Å². The molecule has 4 nitrogen and oxygen atoms in total. The molecule has 0 aliphatic rings. The number of rotatable bonds is 3.